The molecule has 2 unspecified atom stereocenters. The molecule has 2 aromatic carbocycles. The Hall–Kier alpha value is -2.40. The number of likely N-dealkylation sites (tertiary alicyclic amines) is 1. The Bertz CT molecular complexity index is 808. The highest BCUT2D eigenvalue weighted by Gasteiger charge is 2.39. The van der Waals surface area contributed by atoms with E-state index in [0.717, 1.165) is 12.0 Å². The zero-order chi connectivity index (χ0) is 19.4. The smallest absolute Gasteiger partial charge is 0.235 e. The van der Waals surface area contributed by atoms with Gasteiger partial charge in [-0.05, 0) is 42.2 Å². The first-order chi connectivity index (χ1) is 13.0. The van der Waals surface area contributed by atoms with E-state index in [1.165, 1.54) is 12.1 Å². The molecule has 27 heavy (non-hydrogen) atoms. The highest BCUT2D eigenvalue weighted by Crippen LogP contribution is 2.31. The van der Waals surface area contributed by atoms with Crippen LogP contribution in [0.4, 0.5) is 4.39 Å². The van der Waals surface area contributed by atoms with Crippen LogP contribution in [-0.2, 0) is 16.1 Å². The second-order valence-electron chi connectivity index (χ2n) is 6.70. The number of rotatable bonds is 6. The summed E-state index contributed by atoms with van der Waals surface area (Å²) in [5, 5.41) is 3.01. The zero-order valence-electron chi connectivity index (χ0n) is 15.1. The summed E-state index contributed by atoms with van der Waals surface area (Å²) in [5.41, 5.74) is 1.63. The zero-order valence-corrected chi connectivity index (χ0v) is 15.9. The molecule has 2 amide bonds. The van der Waals surface area contributed by atoms with Gasteiger partial charge in [-0.2, -0.15) is 0 Å². The van der Waals surface area contributed by atoms with E-state index >= 15 is 0 Å². The van der Waals surface area contributed by atoms with E-state index in [1.54, 1.807) is 11.0 Å². The number of amides is 2. The molecule has 0 radical (unpaired) electrons. The summed E-state index contributed by atoms with van der Waals surface area (Å²) in [4.78, 5) is 27.1. The van der Waals surface area contributed by atoms with Gasteiger partial charge in [0, 0.05) is 18.1 Å². The molecule has 1 fully saturated rings. The van der Waals surface area contributed by atoms with Gasteiger partial charge in [-0.25, -0.2) is 4.39 Å². The Labute approximate surface area is 163 Å². The minimum Gasteiger partial charge on any atom is -0.351 e. The summed E-state index contributed by atoms with van der Waals surface area (Å²) in [5.74, 6) is -1.64. The Morgan fingerprint density at radius 1 is 1.30 bits per heavy atom. The van der Waals surface area contributed by atoms with Gasteiger partial charge in [0.15, 0.2) is 0 Å². The summed E-state index contributed by atoms with van der Waals surface area (Å²) in [6, 6.07) is 13.9. The molecule has 1 N–H and O–H groups in total. The molecule has 0 saturated carbocycles. The summed E-state index contributed by atoms with van der Waals surface area (Å²) in [6.07, 6.45) is 1.27. The molecule has 1 aliphatic heterocycles. The lowest BCUT2D eigenvalue weighted by Gasteiger charge is -2.27. The number of hydrogen-bond acceptors (Lipinski definition) is 2. The third kappa shape index (κ3) is 4.48. The number of carbonyl (C=O) groups is 2. The summed E-state index contributed by atoms with van der Waals surface area (Å²) >= 11 is 5.83. The maximum absolute atomic E-state index is 13.4. The van der Waals surface area contributed by atoms with Crippen LogP contribution in [0.1, 0.15) is 36.9 Å². The van der Waals surface area contributed by atoms with Crippen LogP contribution in [0.2, 0.25) is 5.02 Å². The van der Waals surface area contributed by atoms with Crippen molar-refractivity contribution in [2.24, 2.45) is 5.92 Å². The van der Waals surface area contributed by atoms with E-state index < -0.39 is 11.7 Å². The second kappa shape index (κ2) is 8.53. The van der Waals surface area contributed by atoms with Gasteiger partial charge in [0.25, 0.3) is 0 Å². The molecule has 3 rings (SSSR count). The Morgan fingerprint density at radius 3 is 2.70 bits per heavy atom. The van der Waals surface area contributed by atoms with Crippen molar-refractivity contribution in [3.63, 3.8) is 0 Å². The van der Waals surface area contributed by atoms with Crippen molar-refractivity contribution in [3.8, 4) is 0 Å². The number of nitrogens with zero attached hydrogens (tertiary/aromatic N) is 1. The molecule has 0 aromatic heterocycles. The van der Waals surface area contributed by atoms with E-state index in [0.29, 0.717) is 18.5 Å². The van der Waals surface area contributed by atoms with E-state index in [-0.39, 0.29) is 29.4 Å². The second-order valence-corrected chi connectivity index (χ2v) is 7.14. The Kier molecular flexibility index (Phi) is 6.11. The van der Waals surface area contributed by atoms with Crippen LogP contribution in [0.5, 0.6) is 0 Å². The van der Waals surface area contributed by atoms with Crippen molar-refractivity contribution in [1.29, 1.82) is 0 Å². The van der Waals surface area contributed by atoms with Crippen LogP contribution < -0.4 is 5.32 Å². The molecule has 0 aliphatic carbocycles. The maximum atomic E-state index is 13.4. The quantitative estimate of drug-likeness (QED) is 0.757. The van der Waals surface area contributed by atoms with Crippen molar-refractivity contribution >= 4 is 23.4 Å². The summed E-state index contributed by atoms with van der Waals surface area (Å²) in [7, 11) is 0. The van der Waals surface area contributed by atoms with Gasteiger partial charge in [-0.15, -0.1) is 0 Å². The summed E-state index contributed by atoms with van der Waals surface area (Å²) in [6.45, 7) is 2.72. The molecular weight excluding hydrogens is 367 g/mol. The van der Waals surface area contributed by atoms with Crippen molar-refractivity contribution in [1.82, 2.24) is 10.2 Å². The van der Waals surface area contributed by atoms with Crippen molar-refractivity contribution in [3.05, 3.63) is 70.5 Å². The van der Waals surface area contributed by atoms with Gasteiger partial charge < -0.3 is 10.2 Å². The SMILES string of the molecule is CCC(c1ccccc1)N1CCC(C(=O)NCc2cc(F)cc(Cl)c2)C1=O. The predicted octanol–water partition coefficient (Wildman–Crippen LogP) is 4.10. The van der Waals surface area contributed by atoms with Crippen molar-refractivity contribution < 1.29 is 14.0 Å². The number of halogens is 2. The largest absolute Gasteiger partial charge is 0.351 e. The Morgan fingerprint density at radius 2 is 2.04 bits per heavy atom. The van der Waals surface area contributed by atoms with Gasteiger partial charge in [0.1, 0.15) is 11.7 Å². The molecular formula is C21H22ClFN2O2. The highest BCUT2D eigenvalue weighted by molar-refractivity contribution is 6.30. The maximum Gasteiger partial charge on any atom is 0.235 e. The monoisotopic (exact) mass is 388 g/mol. The van der Waals surface area contributed by atoms with Crippen LogP contribution in [-0.4, -0.2) is 23.3 Å². The molecule has 2 atom stereocenters. The highest BCUT2D eigenvalue weighted by atomic mass is 35.5. The molecule has 142 valence electrons. The summed E-state index contributed by atoms with van der Waals surface area (Å²) < 4.78 is 13.4. The van der Waals surface area contributed by atoms with E-state index in [4.69, 9.17) is 11.6 Å². The average molecular weight is 389 g/mol. The first-order valence-corrected chi connectivity index (χ1v) is 9.45. The third-order valence-electron chi connectivity index (χ3n) is 4.89. The minimum absolute atomic E-state index is 0.0291. The molecule has 1 aliphatic rings. The van der Waals surface area contributed by atoms with E-state index in [2.05, 4.69) is 5.32 Å². The third-order valence-corrected chi connectivity index (χ3v) is 5.11. The lowest BCUT2D eigenvalue weighted by atomic mass is 10.0. The van der Waals surface area contributed by atoms with Crippen LogP contribution in [0.15, 0.2) is 48.5 Å². The molecule has 0 spiro atoms. The molecule has 4 nitrogen and oxygen atoms in total. The number of benzene rings is 2. The first-order valence-electron chi connectivity index (χ1n) is 9.07. The van der Waals surface area contributed by atoms with Gasteiger partial charge in [0.05, 0.1) is 6.04 Å². The minimum atomic E-state index is -0.702. The Balaban J connectivity index is 1.64. The van der Waals surface area contributed by atoms with Crippen LogP contribution >= 0.6 is 11.6 Å². The number of carbonyl (C=O) groups excluding carboxylic acids is 2. The average Bonchev–Trinajstić information content (AvgIpc) is 3.02. The number of nitrogens with one attached hydrogen (secondary N) is 1. The van der Waals surface area contributed by atoms with Crippen molar-refractivity contribution in [2.75, 3.05) is 6.54 Å². The standard InChI is InChI=1S/C21H22ClFN2O2/c1-2-19(15-6-4-3-5-7-15)25-9-8-18(21(25)27)20(26)24-13-14-10-16(22)12-17(23)11-14/h3-7,10-12,18-19H,2,8-9,13H2,1H3,(H,24,26). The molecule has 1 heterocycles. The van der Waals surface area contributed by atoms with Crippen LogP contribution in [0, 0.1) is 11.7 Å². The molecule has 6 heteroatoms. The lowest BCUT2D eigenvalue weighted by Crippen LogP contribution is -2.38. The van der Waals surface area contributed by atoms with Crippen molar-refractivity contribution in [2.45, 2.75) is 32.4 Å². The van der Waals surface area contributed by atoms with Gasteiger partial charge in [0.2, 0.25) is 11.8 Å². The van der Waals surface area contributed by atoms with Gasteiger partial charge in [-0.1, -0.05) is 48.9 Å². The molecule has 1 saturated heterocycles. The molecule has 0 bridgehead atoms. The fraction of sp³-hybridized carbons (Fsp3) is 0.333. The van der Waals surface area contributed by atoms with Crippen LogP contribution in [0.25, 0.3) is 0 Å². The van der Waals surface area contributed by atoms with E-state index in [1.807, 2.05) is 37.3 Å². The van der Waals surface area contributed by atoms with E-state index in [9.17, 15) is 14.0 Å². The van der Waals surface area contributed by atoms with Gasteiger partial charge in [-0.3, -0.25) is 9.59 Å². The molecule has 2 aromatic rings. The lowest BCUT2D eigenvalue weighted by molar-refractivity contribution is -0.139. The first kappa shape index (κ1) is 19.4. The van der Waals surface area contributed by atoms with Gasteiger partial charge >= 0.3 is 0 Å². The normalized spacial score (nSPS) is 17.8. The topological polar surface area (TPSA) is 49.4 Å². The fourth-order valence-electron chi connectivity index (χ4n) is 3.59. The fourth-order valence-corrected chi connectivity index (χ4v) is 3.84. The predicted molar refractivity (Wildman–Crippen MR) is 103 cm³/mol. The van der Waals surface area contributed by atoms with Crippen LogP contribution in [0.3, 0.4) is 0 Å². The number of hydrogen-bond donors (Lipinski definition) is 1.